The molecule has 26 heavy (non-hydrogen) atoms. The van der Waals surface area contributed by atoms with Gasteiger partial charge >= 0.3 is 5.76 Å². The third-order valence-corrected chi connectivity index (χ3v) is 5.81. The second-order valence-corrected chi connectivity index (χ2v) is 7.93. The van der Waals surface area contributed by atoms with Gasteiger partial charge in [-0.25, -0.2) is 8.42 Å². The molecular formula is C15H16F2N4O4S. The van der Waals surface area contributed by atoms with Gasteiger partial charge in [0.1, 0.15) is 5.69 Å². The van der Waals surface area contributed by atoms with Crippen LogP contribution in [-0.2, 0) is 9.84 Å². The van der Waals surface area contributed by atoms with E-state index in [0.29, 0.717) is 19.2 Å². The highest BCUT2D eigenvalue weighted by Crippen LogP contribution is 2.36. The van der Waals surface area contributed by atoms with Crippen molar-refractivity contribution < 1.29 is 22.1 Å². The van der Waals surface area contributed by atoms with Crippen LogP contribution >= 0.6 is 0 Å². The van der Waals surface area contributed by atoms with Gasteiger partial charge in [-0.15, -0.1) is 0 Å². The van der Waals surface area contributed by atoms with Crippen LogP contribution in [-0.4, -0.2) is 42.4 Å². The highest BCUT2D eigenvalue weighted by Gasteiger charge is 2.32. The molecule has 1 aromatic carbocycles. The van der Waals surface area contributed by atoms with Crippen LogP contribution < -0.4 is 4.90 Å². The van der Waals surface area contributed by atoms with E-state index < -0.39 is 31.1 Å². The topological polar surface area (TPSA) is 109 Å². The first-order chi connectivity index (χ1) is 12.3. The molecule has 0 saturated carbocycles. The van der Waals surface area contributed by atoms with Crippen molar-refractivity contribution in [3.8, 4) is 0 Å². The standard InChI is InChI=1S/C15H16F2N4O4S/c16-15(17)26(24,25)11-3-4-13(14(8-11)21(22)23)20-7-1-2-10(9-20)12-5-6-18-19-12/h3-6,8,10,15H,1-2,7,9H2,(H,18,19). The fourth-order valence-corrected chi connectivity index (χ4v) is 3.88. The van der Waals surface area contributed by atoms with E-state index in [9.17, 15) is 27.3 Å². The van der Waals surface area contributed by atoms with Crippen molar-refractivity contribution in [2.24, 2.45) is 0 Å². The SMILES string of the molecule is O=[N+]([O-])c1cc(S(=O)(=O)C(F)F)ccc1N1CCCC(c2ccn[nH]2)C1. The Morgan fingerprint density at radius 3 is 2.73 bits per heavy atom. The van der Waals surface area contributed by atoms with E-state index in [1.165, 1.54) is 6.07 Å². The molecule has 2 heterocycles. The lowest BCUT2D eigenvalue weighted by Crippen LogP contribution is -2.35. The number of hydrogen-bond acceptors (Lipinski definition) is 6. The second kappa shape index (κ2) is 6.98. The Morgan fingerprint density at radius 1 is 1.35 bits per heavy atom. The fraction of sp³-hybridized carbons (Fsp3) is 0.400. The largest absolute Gasteiger partial charge is 0.365 e. The first-order valence-electron chi connectivity index (χ1n) is 7.85. The molecule has 2 aromatic rings. The lowest BCUT2D eigenvalue weighted by Gasteiger charge is -2.33. The Hall–Kier alpha value is -2.56. The van der Waals surface area contributed by atoms with Gasteiger partial charge in [-0.1, -0.05) is 0 Å². The van der Waals surface area contributed by atoms with Gasteiger partial charge in [-0.2, -0.15) is 13.9 Å². The number of hydrogen-bond donors (Lipinski definition) is 1. The summed E-state index contributed by atoms with van der Waals surface area (Å²) in [6.07, 6.45) is 3.28. The minimum atomic E-state index is -4.90. The molecule has 1 saturated heterocycles. The van der Waals surface area contributed by atoms with Gasteiger partial charge in [0.05, 0.1) is 9.82 Å². The predicted octanol–water partition coefficient (Wildman–Crippen LogP) is 2.70. The number of nitro groups is 1. The number of aromatic amines is 1. The summed E-state index contributed by atoms with van der Waals surface area (Å²) < 4.78 is 48.6. The van der Waals surface area contributed by atoms with Crippen molar-refractivity contribution in [3.05, 3.63) is 46.3 Å². The molecule has 1 fully saturated rings. The number of rotatable bonds is 5. The smallest absolute Gasteiger partial charge is 0.341 e. The number of piperidine rings is 1. The van der Waals surface area contributed by atoms with Gasteiger partial charge in [-0.3, -0.25) is 15.2 Å². The molecule has 1 unspecified atom stereocenters. The van der Waals surface area contributed by atoms with E-state index in [2.05, 4.69) is 10.2 Å². The van der Waals surface area contributed by atoms with Gasteiger partial charge in [0.25, 0.3) is 5.69 Å². The second-order valence-electron chi connectivity index (χ2n) is 6.01. The summed E-state index contributed by atoms with van der Waals surface area (Å²) in [4.78, 5) is 11.7. The first-order valence-corrected chi connectivity index (χ1v) is 9.40. The zero-order chi connectivity index (χ0) is 18.9. The van der Waals surface area contributed by atoms with E-state index >= 15 is 0 Å². The molecule has 1 aliphatic heterocycles. The molecule has 0 bridgehead atoms. The number of benzene rings is 1. The molecular weight excluding hydrogens is 370 g/mol. The number of nitrogens with one attached hydrogen (secondary N) is 1. The van der Waals surface area contributed by atoms with Gasteiger partial charge in [0, 0.05) is 37.0 Å². The number of nitrogens with zero attached hydrogens (tertiary/aromatic N) is 3. The lowest BCUT2D eigenvalue weighted by molar-refractivity contribution is -0.384. The van der Waals surface area contributed by atoms with E-state index in [1.807, 2.05) is 6.07 Å². The van der Waals surface area contributed by atoms with Crippen LogP contribution in [0, 0.1) is 10.1 Å². The van der Waals surface area contributed by atoms with Crippen molar-refractivity contribution in [3.63, 3.8) is 0 Å². The number of alkyl halides is 2. The molecule has 0 aliphatic carbocycles. The zero-order valence-corrected chi connectivity index (χ0v) is 14.3. The number of sulfone groups is 1. The van der Waals surface area contributed by atoms with Crippen LogP contribution in [0.25, 0.3) is 0 Å². The van der Waals surface area contributed by atoms with Crippen molar-refractivity contribution in [1.29, 1.82) is 0 Å². The number of aromatic nitrogens is 2. The maximum Gasteiger partial charge on any atom is 0.341 e. The highest BCUT2D eigenvalue weighted by atomic mass is 32.2. The molecule has 0 amide bonds. The van der Waals surface area contributed by atoms with E-state index in [-0.39, 0.29) is 11.6 Å². The lowest BCUT2D eigenvalue weighted by atomic mass is 9.94. The van der Waals surface area contributed by atoms with Gasteiger partial charge in [-0.05, 0) is 31.0 Å². The minimum Gasteiger partial charge on any atom is -0.365 e. The van der Waals surface area contributed by atoms with Crippen molar-refractivity contribution in [2.45, 2.75) is 29.4 Å². The van der Waals surface area contributed by atoms with Crippen LogP contribution in [0.2, 0.25) is 0 Å². The molecule has 140 valence electrons. The monoisotopic (exact) mass is 386 g/mol. The molecule has 0 radical (unpaired) electrons. The number of halogens is 2. The average Bonchev–Trinajstić information content (AvgIpc) is 3.16. The molecule has 1 atom stereocenters. The third kappa shape index (κ3) is 3.39. The van der Waals surface area contributed by atoms with Crippen LogP contribution in [0.5, 0.6) is 0 Å². The highest BCUT2D eigenvalue weighted by molar-refractivity contribution is 7.91. The molecule has 1 aromatic heterocycles. The maximum atomic E-state index is 12.7. The summed E-state index contributed by atoms with van der Waals surface area (Å²) in [6.45, 7) is 1.02. The molecule has 3 rings (SSSR count). The van der Waals surface area contributed by atoms with Crippen LogP contribution in [0.3, 0.4) is 0 Å². The first kappa shape index (κ1) is 18.2. The van der Waals surface area contributed by atoms with Crippen molar-refractivity contribution in [2.75, 3.05) is 18.0 Å². The van der Waals surface area contributed by atoms with E-state index in [4.69, 9.17) is 0 Å². The van der Waals surface area contributed by atoms with Crippen molar-refractivity contribution in [1.82, 2.24) is 10.2 Å². The predicted molar refractivity (Wildman–Crippen MR) is 89.1 cm³/mol. The normalized spacial score (nSPS) is 18.3. The molecule has 11 heteroatoms. The Bertz CT molecular complexity index is 902. The van der Waals surface area contributed by atoms with Crippen LogP contribution in [0.4, 0.5) is 20.2 Å². The summed E-state index contributed by atoms with van der Waals surface area (Å²) in [6, 6.07) is 4.75. The minimum absolute atomic E-state index is 0.0929. The van der Waals surface area contributed by atoms with E-state index in [0.717, 1.165) is 24.6 Å². The van der Waals surface area contributed by atoms with Gasteiger partial charge < -0.3 is 4.90 Å². The summed E-state index contributed by atoms with van der Waals surface area (Å²) in [7, 11) is -4.90. The average molecular weight is 386 g/mol. The quantitative estimate of drug-likeness (QED) is 0.625. The summed E-state index contributed by atoms with van der Waals surface area (Å²) in [5.74, 6) is -3.54. The number of nitro benzene ring substituents is 1. The Morgan fingerprint density at radius 2 is 2.12 bits per heavy atom. The van der Waals surface area contributed by atoms with Crippen LogP contribution in [0.1, 0.15) is 24.5 Å². The molecule has 1 aliphatic rings. The third-order valence-electron chi connectivity index (χ3n) is 4.43. The Balaban J connectivity index is 1.95. The molecule has 0 spiro atoms. The fourth-order valence-electron chi connectivity index (χ4n) is 3.14. The zero-order valence-electron chi connectivity index (χ0n) is 13.5. The maximum absolute atomic E-state index is 12.7. The van der Waals surface area contributed by atoms with Gasteiger partial charge in [0.2, 0.25) is 9.84 Å². The van der Waals surface area contributed by atoms with Crippen LogP contribution in [0.15, 0.2) is 35.4 Å². The van der Waals surface area contributed by atoms with Gasteiger partial charge in [0.15, 0.2) is 0 Å². The molecule has 1 N–H and O–H groups in total. The van der Waals surface area contributed by atoms with Crippen molar-refractivity contribution >= 4 is 21.2 Å². The molecule has 8 nitrogen and oxygen atoms in total. The van der Waals surface area contributed by atoms with E-state index in [1.54, 1.807) is 11.1 Å². The summed E-state index contributed by atoms with van der Waals surface area (Å²) in [5.41, 5.74) is 0.624. The summed E-state index contributed by atoms with van der Waals surface area (Å²) in [5, 5.41) is 18.2. The Kier molecular flexibility index (Phi) is 4.90. The Labute approximate surface area is 147 Å². The summed E-state index contributed by atoms with van der Waals surface area (Å²) >= 11 is 0. The number of H-pyrrole nitrogens is 1. The number of anilines is 1.